The Balaban J connectivity index is 1.71. The van der Waals surface area contributed by atoms with E-state index in [1.54, 1.807) is 18.2 Å². The summed E-state index contributed by atoms with van der Waals surface area (Å²) in [7, 11) is 1.34. The zero-order valence-corrected chi connectivity index (χ0v) is 11.2. The normalized spacial score (nSPS) is 23.1. The quantitative estimate of drug-likeness (QED) is 0.549. The van der Waals surface area contributed by atoms with Gasteiger partial charge >= 0.3 is 5.97 Å². The Morgan fingerprint density at radius 2 is 1.85 bits per heavy atom. The van der Waals surface area contributed by atoms with Gasteiger partial charge in [-0.25, -0.2) is 4.79 Å². The minimum Gasteiger partial charge on any atom is -0.491 e. The van der Waals surface area contributed by atoms with E-state index in [4.69, 9.17) is 23.7 Å². The maximum absolute atomic E-state index is 11.7. The van der Waals surface area contributed by atoms with E-state index in [9.17, 15) is 4.79 Å². The molecule has 0 spiro atoms. The van der Waals surface area contributed by atoms with Crippen molar-refractivity contribution in [2.75, 3.05) is 33.5 Å². The van der Waals surface area contributed by atoms with Gasteiger partial charge in [0.2, 0.25) is 0 Å². The lowest BCUT2D eigenvalue weighted by Gasteiger charge is -2.12. The molecule has 0 aromatic heterocycles. The lowest BCUT2D eigenvalue weighted by molar-refractivity contribution is 0.0595. The molecule has 3 rings (SSSR count). The van der Waals surface area contributed by atoms with Crippen LogP contribution < -0.4 is 9.47 Å². The van der Waals surface area contributed by atoms with Gasteiger partial charge in [0.25, 0.3) is 0 Å². The Morgan fingerprint density at radius 3 is 2.45 bits per heavy atom. The topological polar surface area (TPSA) is 69.8 Å². The van der Waals surface area contributed by atoms with Crippen LogP contribution in [0.25, 0.3) is 0 Å². The summed E-state index contributed by atoms with van der Waals surface area (Å²) in [5.41, 5.74) is 0.378. The van der Waals surface area contributed by atoms with Gasteiger partial charge in [0.05, 0.1) is 20.3 Å². The molecule has 0 radical (unpaired) electrons. The van der Waals surface area contributed by atoms with Crippen LogP contribution in [0.2, 0.25) is 0 Å². The number of ether oxygens (including phenoxy) is 5. The summed E-state index contributed by atoms with van der Waals surface area (Å²) < 4.78 is 26.1. The Hall–Kier alpha value is -1.79. The molecule has 0 aliphatic carbocycles. The molecule has 2 atom stereocenters. The van der Waals surface area contributed by atoms with Crippen molar-refractivity contribution in [1.82, 2.24) is 0 Å². The van der Waals surface area contributed by atoms with E-state index < -0.39 is 5.97 Å². The van der Waals surface area contributed by atoms with E-state index >= 15 is 0 Å². The molecular formula is C14H16O6. The lowest BCUT2D eigenvalue weighted by atomic mass is 10.2. The van der Waals surface area contributed by atoms with Crippen LogP contribution in [0.4, 0.5) is 0 Å². The minimum atomic E-state index is -0.436. The molecular weight excluding hydrogens is 264 g/mol. The highest BCUT2D eigenvalue weighted by molar-refractivity contribution is 5.92. The van der Waals surface area contributed by atoms with Crippen molar-refractivity contribution in [1.29, 1.82) is 0 Å². The minimum absolute atomic E-state index is 0.116. The molecule has 20 heavy (non-hydrogen) atoms. The Morgan fingerprint density at radius 1 is 1.20 bits per heavy atom. The van der Waals surface area contributed by atoms with Gasteiger partial charge in [0.15, 0.2) is 0 Å². The fourth-order valence-corrected chi connectivity index (χ4v) is 1.69. The molecule has 6 nitrogen and oxygen atoms in total. The van der Waals surface area contributed by atoms with E-state index in [0.29, 0.717) is 36.9 Å². The number of benzene rings is 1. The predicted molar refractivity (Wildman–Crippen MR) is 68.3 cm³/mol. The average Bonchev–Trinajstić information content (AvgIpc) is 3.36. The maximum atomic E-state index is 11.7. The van der Waals surface area contributed by atoms with Gasteiger partial charge in [-0.15, -0.1) is 0 Å². The van der Waals surface area contributed by atoms with Crippen LogP contribution in [0.1, 0.15) is 10.4 Å². The van der Waals surface area contributed by atoms with Crippen LogP contribution in [-0.2, 0) is 14.2 Å². The van der Waals surface area contributed by atoms with Crippen LogP contribution >= 0.6 is 0 Å². The maximum Gasteiger partial charge on any atom is 0.341 e. The SMILES string of the molecule is COC(=O)c1ccc(OCC2CO2)cc1OCC1CO1. The summed E-state index contributed by atoms with van der Waals surface area (Å²) in [6.07, 6.45) is 0.296. The highest BCUT2D eigenvalue weighted by Gasteiger charge is 2.25. The van der Waals surface area contributed by atoms with E-state index in [2.05, 4.69) is 0 Å². The standard InChI is InChI=1S/C14H16O6/c1-16-14(15)12-3-2-9(17-5-10-6-18-10)4-13(12)20-8-11-7-19-11/h2-4,10-11H,5-8H2,1H3. The molecule has 0 amide bonds. The van der Waals surface area contributed by atoms with Crippen LogP contribution in [0, 0.1) is 0 Å². The van der Waals surface area contributed by atoms with Gasteiger partial charge in [0, 0.05) is 6.07 Å². The van der Waals surface area contributed by atoms with Crippen molar-refractivity contribution in [3.05, 3.63) is 23.8 Å². The largest absolute Gasteiger partial charge is 0.491 e. The molecule has 108 valence electrons. The van der Waals surface area contributed by atoms with E-state index in [-0.39, 0.29) is 12.2 Å². The number of epoxide rings is 2. The predicted octanol–water partition coefficient (Wildman–Crippen LogP) is 1.03. The first-order chi connectivity index (χ1) is 9.76. The zero-order chi connectivity index (χ0) is 13.9. The van der Waals surface area contributed by atoms with Crippen molar-refractivity contribution >= 4 is 5.97 Å². The summed E-state index contributed by atoms with van der Waals surface area (Å²) in [5, 5.41) is 0. The summed E-state index contributed by atoms with van der Waals surface area (Å²) in [6.45, 7) is 2.35. The monoisotopic (exact) mass is 280 g/mol. The summed E-state index contributed by atoms with van der Waals surface area (Å²) >= 11 is 0. The number of hydrogen-bond donors (Lipinski definition) is 0. The van der Waals surface area contributed by atoms with Crippen LogP contribution in [0.5, 0.6) is 11.5 Å². The fraction of sp³-hybridized carbons (Fsp3) is 0.500. The zero-order valence-electron chi connectivity index (χ0n) is 11.2. The van der Waals surface area contributed by atoms with E-state index in [1.807, 2.05) is 0 Å². The van der Waals surface area contributed by atoms with Crippen molar-refractivity contribution in [2.45, 2.75) is 12.2 Å². The van der Waals surface area contributed by atoms with Crippen molar-refractivity contribution in [3.63, 3.8) is 0 Å². The van der Waals surface area contributed by atoms with Crippen molar-refractivity contribution in [3.8, 4) is 11.5 Å². The third kappa shape index (κ3) is 3.40. The first-order valence-electron chi connectivity index (χ1n) is 6.47. The molecule has 0 N–H and O–H groups in total. The average molecular weight is 280 g/mol. The number of carbonyl (C=O) groups excluding carboxylic acids is 1. The fourth-order valence-electron chi connectivity index (χ4n) is 1.69. The molecule has 0 bridgehead atoms. The van der Waals surface area contributed by atoms with Gasteiger partial charge in [-0.05, 0) is 12.1 Å². The number of carbonyl (C=O) groups is 1. The number of rotatable bonds is 7. The smallest absolute Gasteiger partial charge is 0.341 e. The van der Waals surface area contributed by atoms with Gasteiger partial charge in [-0.3, -0.25) is 0 Å². The molecule has 0 saturated carbocycles. The first-order valence-corrected chi connectivity index (χ1v) is 6.47. The van der Waals surface area contributed by atoms with E-state index in [1.165, 1.54) is 7.11 Å². The van der Waals surface area contributed by atoms with E-state index in [0.717, 1.165) is 6.61 Å². The Kier molecular flexibility index (Phi) is 3.75. The van der Waals surface area contributed by atoms with Gasteiger partial charge in [-0.1, -0.05) is 0 Å². The molecule has 2 aliphatic heterocycles. The van der Waals surface area contributed by atoms with Crippen LogP contribution in [0.3, 0.4) is 0 Å². The summed E-state index contributed by atoms with van der Waals surface area (Å²) in [5.74, 6) is 0.648. The van der Waals surface area contributed by atoms with Crippen LogP contribution in [-0.4, -0.2) is 51.7 Å². The number of methoxy groups -OCH3 is 1. The highest BCUT2D eigenvalue weighted by Crippen LogP contribution is 2.27. The van der Waals surface area contributed by atoms with Crippen molar-refractivity contribution in [2.24, 2.45) is 0 Å². The molecule has 2 heterocycles. The number of esters is 1. The lowest BCUT2D eigenvalue weighted by Crippen LogP contribution is -2.10. The van der Waals surface area contributed by atoms with Gasteiger partial charge in [-0.2, -0.15) is 0 Å². The molecule has 6 heteroatoms. The van der Waals surface area contributed by atoms with Crippen LogP contribution in [0.15, 0.2) is 18.2 Å². The summed E-state index contributed by atoms with van der Waals surface area (Å²) in [6, 6.07) is 5.05. The second kappa shape index (κ2) is 5.68. The Bertz CT molecular complexity index is 492. The molecule has 2 saturated heterocycles. The molecule has 1 aromatic carbocycles. The molecule has 2 fully saturated rings. The third-order valence-corrected chi connectivity index (χ3v) is 3.02. The van der Waals surface area contributed by atoms with Gasteiger partial charge in [0.1, 0.15) is 42.5 Å². The highest BCUT2D eigenvalue weighted by atomic mass is 16.6. The second-order valence-corrected chi connectivity index (χ2v) is 4.68. The Labute approximate surface area is 116 Å². The molecule has 2 aliphatic rings. The third-order valence-electron chi connectivity index (χ3n) is 3.02. The number of hydrogen-bond acceptors (Lipinski definition) is 6. The first kappa shape index (κ1) is 13.2. The van der Waals surface area contributed by atoms with Crippen molar-refractivity contribution < 1.29 is 28.5 Å². The molecule has 1 aromatic rings. The van der Waals surface area contributed by atoms with Gasteiger partial charge < -0.3 is 23.7 Å². The second-order valence-electron chi connectivity index (χ2n) is 4.68. The molecule has 2 unspecified atom stereocenters. The summed E-state index contributed by atoms with van der Waals surface area (Å²) in [4.78, 5) is 11.7.